The third-order valence-corrected chi connectivity index (χ3v) is 5.78. The van der Waals surface area contributed by atoms with Crippen molar-refractivity contribution in [2.24, 2.45) is 0 Å². The van der Waals surface area contributed by atoms with Gasteiger partial charge in [0.1, 0.15) is 11.9 Å². The lowest BCUT2D eigenvalue weighted by atomic mass is 10.1. The van der Waals surface area contributed by atoms with Gasteiger partial charge in [-0.25, -0.2) is 4.39 Å². The first-order valence-electron chi connectivity index (χ1n) is 10.1. The minimum Gasteiger partial charge on any atom is -0.339 e. The second-order valence-electron chi connectivity index (χ2n) is 7.71. The van der Waals surface area contributed by atoms with Crippen molar-refractivity contribution in [3.8, 4) is 0 Å². The van der Waals surface area contributed by atoms with Crippen LogP contribution in [0.15, 0.2) is 48.5 Å². The van der Waals surface area contributed by atoms with Crippen molar-refractivity contribution < 1.29 is 23.6 Å². The molecule has 2 aromatic carbocycles. The molecule has 0 aliphatic carbocycles. The van der Waals surface area contributed by atoms with Gasteiger partial charge in [-0.15, -0.1) is 0 Å². The quantitative estimate of drug-likeness (QED) is 0.702. The third-order valence-electron chi connectivity index (χ3n) is 5.78. The fourth-order valence-electron chi connectivity index (χ4n) is 4.00. The number of hydrogen-bond acceptors (Lipinski definition) is 4. The first-order chi connectivity index (χ1) is 14.9. The fraction of sp³-hybridized carbons (Fsp3) is 0.304. The van der Waals surface area contributed by atoms with Gasteiger partial charge in [0.2, 0.25) is 11.8 Å². The molecule has 2 aliphatic rings. The maximum Gasteiger partial charge on any atom is 0.262 e. The Bertz CT molecular complexity index is 1010. The van der Waals surface area contributed by atoms with Crippen molar-refractivity contribution in [3.05, 3.63) is 71.0 Å². The first kappa shape index (κ1) is 20.7. The van der Waals surface area contributed by atoms with Crippen LogP contribution >= 0.6 is 0 Å². The van der Waals surface area contributed by atoms with Crippen molar-refractivity contribution in [1.29, 1.82) is 0 Å². The molecule has 0 aromatic heterocycles. The molecule has 0 saturated carbocycles. The molecule has 1 atom stereocenters. The van der Waals surface area contributed by atoms with Crippen LogP contribution in [0.3, 0.4) is 0 Å². The molecule has 0 radical (unpaired) electrons. The summed E-state index contributed by atoms with van der Waals surface area (Å²) >= 11 is 0. The Morgan fingerprint density at radius 1 is 0.871 bits per heavy atom. The molecule has 1 fully saturated rings. The Labute approximate surface area is 179 Å². The van der Waals surface area contributed by atoms with Gasteiger partial charge >= 0.3 is 0 Å². The number of hydrogen-bond donors (Lipinski definition) is 0. The monoisotopic (exact) mass is 423 g/mol. The average Bonchev–Trinajstić information content (AvgIpc) is 3.04. The highest BCUT2D eigenvalue weighted by molar-refractivity contribution is 6.22. The lowest BCUT2D eigenvalue weighted by Crippen LogP contribution is -2.56. The summed E-state index contributed by atoms with van der Waals surface area (Å²) in [5, 5.41) is 0. The fourth-order valence-corrected chi connectivity index (χ4v) is 4.00. The van der Waals surface area contributed by atoms with E-state index in [0.717, 1.165) is 10.5 Å². The predicted molar refractivity (Wildman–Crippen MR) is 110 cm³/mol. The molecule has 2 aromatic rings. The maximum atomic E-state index is 13.0. The Hall–Kier alpha value is -3.55. The van der Waals surface area contributed by atoms with Crippen LogP contribution in [0.4, 0.5) is 4.39 Å². The summed E-state index contributed by atoms with van der Waals surface area (Å²) in [5.74, 6) is -1.69. The Morgan fingerprint density at radius 2 is 1.39 bits per heavy atom. The molecule has 31 heavy (non-hydrogen) atoms. The molecule has 0 spiro atoms. The zero-order chi connectivity index (χ0) is 22.1. The second kappa shape index (κ2) is 8.29. The number of halogens is 1. The van der Waals surface area contributed by atoms with E-state index in [4.69, 9.17) is 0 Å². The second-order valence-corrected chi connectivity index (χ2v) is 7.71. The highest BCUT2D eigenvalue weighted by Gasteiger charge is 2.42. The summed E-state index contributed by atoms with van der Waals surface area (Å²) in [5.41, 5.74) is 1.34. The van der Waals surface area contributed by atoms with Gasteiger partial charge in [0.15, 0.2) is 0 Å². The largest absolute Gasteiger partial charge is 0.339 e. The molecule has 4 amide bonds. The van der Waals surface area contributed by atoms with Gasteiger partial charge in [-0.3, -0.25) is 24.1 Å². The summed E-state index contributed by atoms with van der Waals surface area (Å²) in [4.78, 5) is 55.0. The lowest BCUT2D eigenvalue weighted by molar-refractivity contribution is -0.141. The standard InChI is InChI=1S/C23H22FN3O4/c1-15(27-22(30)18-4-2-3-5-19(18)23(27)31)21(29)26-12-10-25(11-13-26)20(28)14-16-6-8-17(24)9-7-16/h2-9,15H,10-14H2,1H3. The van der Waals surface area contributed by atoms with E-state index in [1.165, 1.54) is 12.1 Å². The first-order valence-corrected chi connectivity index (χ1v) is 10.1. The zero-order valence-electron chi connectivity index (χ0n) is 17.1. The van der Waals surface area contributed by atoms with Crippen molar-refractivity contribution in [2.45, 2.75) is 19.4 Å². The van der Waals surface area contributed by atoms with E-state index in [9.17, 15) is 23.6 Å². The van der Waals surface area contributed by atoms with E-state index < -0.39 is 17.9 Å². The van der Waals surface area contributed by atoms with Crippen LogP contribution < -0.4 is 0 Å². The molecular formula is C23H22FN3O4. The van der Waals surface area contributed by atoms with Crippen molar-refractivity contribution in [3.63, 3.8) is 0 Å². The molecule has 2 aliphatic heterocycles. The highest BCUT2D eigenvalue weighted by Crippen LogP contribution is 2.25. The summed E-state index contributed by atoms with van der Waals surface area (Å²) in [6.45, 7) is 2.92. The van der Waals surface area contributed by atoms with E-state index in [1.54, 1.807) is 53.1 Å². The van der Waals surface area contributed by atoms with Gasteiger partial charge < -0.3 is 9.80 Å². The Kier molecular flexibility index (Phi) is 5.54. The number of fused-ring (bicyclic) bond motifs is 1. The molecule has 1 saturated heterocycles. The van der Waals surface area contributed by atoms with E-state index in [-0.39, 0.29) is 24.1 Å². The van der Waals surface area contributed by atoms with Crippen LogP contribution in [0.5, 0.6) is 0 Å². The summed E-state index contributed by atoms with van der Waals surface area (Å²) in [6, 6.07) is 11.4. The average molecular weight is 423 g/mol. The number of carbonyl (C=O) groups is 4. The topological polar surface area (TPSA) is 78.0 Å². The van der Waals surface area contributed by atoms with Gasteiger partial charge in [-0.05, 0) is 36.8 Å². The predicted octanol–water partition coefficient (Wildman–Crippen LogP) is 1.72. The van der Waals surface area contributed by atoms with Crippen molar-refractivity contribution in [2.75, 3.05) is 26.2 Å². The minimum atomic E-state index is -0.922. The minimum absolute atomic E-state index is 0.0906. The number of carbonyl (C=O) groups excluding carboxylic acids is 4. The number of nitrogens with zero attached hydrogens (tertiary/aromatic N) is 3. The van der Waals surface area contributed by atoms with Crippen LogP contribution in [-0.2, 0) is 16.0 Å². The molecule has 160 valence electrons. The van der Waals surface area contributed by atoms with Crippen molar-refractivity contribution in [1.82, 2.24) is 14.7 Å². The maximum absolute atomic E-state index is 13.0. The normalized spacial score (nSPS) is 17.0. The number of amides is 4. The van der Waals surface area contributed by atoms with Gasteiger partial charge in [0, 0.05) is 26.2 Å². The zero-order valence-corrected chi connectivity index (χ0v) is 17.1. The Balaban J connectivity index is 1.35. The molecule has 1 unspecified atom stereocenters. The molecular weight excluding hydrogens is 401 g/mol. The highest BCUT2D eigenvalue weighted by atomic mass is 19.1. The lowest BCUT2D eigenvalue weighted by Gasteiger charge is -2.37. The van der Waals surface area contributed by atoms with Gasteiger partial charge in [0.25, 0.3) is 11.8 Å². The van der Waals surface area contributed by atoms with Crippen LogP contribution in [0.1, 0.15) is 33.2 Å². The Morgan fingerprint density at radius 3 is 1.94 bits per heavy atom. The molecule has 7 nitrogen and oxygen atoms in total. The number of benzene rings is 2. The smallest absolute Gasteiger partial charge is 0.262 e. The molecule has 0 N–H and O–H groups in total. The molecule has 2 heterocycles. The van der Waals surface area contributed by atoms with Gasteiger partial charge in [0.05, 0.1) is 17.5 Å². The number of imide groups is 1. The van der Waals surface area contributed by atoms with Crippen LogP contribution in [-0.4, -0.2) is 70.5 Å². The number of piperazine rings is 1. The van der Waals surface area contributed by atoms with E-state index in [2.05, 4.69) is 0 Å². The molecule has 0 bridgehead atoms. The van der Waals surface area contributed by atoms with E-state index in [0.29, 0.717) is 37.3 Å². The summed E-state index contributed by atoms with van der Waals surface area (Å²) in [6.07, 6.45) is 0.166. The van der Waals surface area contributed by atoms with Crippen LogP contribution in [0.2, 0.25) is 0 Å². The van der Waals surface area contributed by atoms with Gasteiger partial charge in [-0.2, -0.15) is 0 Å². The summed E-state index contributed by atoms with van der Waals surface area (Å²) < 4.78 is 13.0. The third kappa shape index (κ3) is 3.93. The van der Waals surface area contributed by atoms with E-state index in [1.807, 2.05) is 0 Å². The van der Waals surface area contributed by atoms with Crippen LogP contribution in [0.25, 0.3) is 0 Å². The summed E-state index contributed by atoms with van der Waals surface area (Å²) in [7, 11) is 0. The van der Waals surface area contributed by atoms with E-state index >= 15 is 0 Å². The van der Waals surface area contributed by atoms with Crippen LogP contribution in [0, 0.1) is 5.82 Å². The molecule has 8 heteroatoms. The van der Waals surface area contributed by atoms with Crippen molar-refractivity contribution >= 4 is 23.6 Å². The molecule has 4 rings (SSSR count). The number of rotatable bonds is 4. The SMILES string of the molecule is CC(C(=O)N1CCN(C(=O)Cc2ccc(F)cc2)CC1)N1C(=O)c2ccccc2C1=O. The van der Waals surface area contributed by atoms with Gasteiger partial charge in [-0.1, -0.05) is 24.3 Å².